The number of aromatic nitrogens is 2. The summed E-state index contributed by atoms with van der Waals surface area (Å²) in [6.45, 7) is 0. The lowest BCUT2D eigenvalue weighted by atomic mass is 10.1. The molecule has 152 valence electrons. The Kier molecular flexibility index (Phi) is 6.03. The smallest absolute Gasteiger partial charge is 0.139 e. The molecule has 7 heteroatoms. The Morgan fingerprint density at radius 2 is 1.77 bits per heavy atom. The van der Waals surface area contributed by atoms with Crippen molar-refractivity contribution in [2.75, 3.05) is 12.4 Å². The molecule has 0 aliphatic heterocycles. The molecule has 1 N–H and O–H groups in total. The zero-order valence-corrected chi connectivity index (χ0v) is 17.9. The van der Waals surface area contributed by atoms with E-state index in [9.17, 15) is 5.26 Å². The highest BCUT2D eigenvalue weighted by Crippen LogP contribution is 2.38. The number of hydrogen-bond acceptors (Lipinski definition) is 5. The van der Waals surface area contributed by atoms with Crippen LogP contribution in [-0.2, 0) is 0 Å². The van der Waals surface area contributed by atoms with Crippen LogP contribution >= 0.6 is 23.2 Å². The number of pyridine rings is 2. The fraction of sp³-hybridized carbons (Fsp3) is 0.0417. The molecule has 0 saturated carbocycles. The molecule has 0 bridgehead atoms. The molecule has 0 fully saturated rings. The van der Waals surface area contributed by atoms with Crippen LogP contribution in [0.2, 0.25) is 10.0 Å². The van der Waals surface area contributed by atoms with Gasteiger partial charge in [0.25, 0.3) is 0 Å². The number of methoxy groups -OCH3 is 1. The van der Waals surface area contributed by atoms with E-state index in [1.807, 2.05) is 42.5 Å². The molecule has 0 amide bonds. The number of rotatable bonds is 5. The van der Waals surface area contributed by atoms with Gasteiger partial charge in [0.15, 0.2) is 0 Å². The minimum atomic E-state index is 0.396. The summed E-state index contributed by atoms with van der Waals surface area (Å²) in [5, 5.41) is 14.5. The van der Waals surface area contributed by atoms with Crippen molar-refractivity contribution < 1.29 is 4.74 Å². The van der Waals surface area contributed by atoms with Crippen LogP contribution in [0, 0.1) is 11.3 Å². The Balaban J connectivity index is 1.80. The van der Waals surface area contributed by atoms with Crippen LogP contribution in [0.5, 0.6) is 5.75 Å². The highest BCUT2D eigenvalue weighted by Gasteiger charge is 2.14. The van der Waals surface area contributed by atoms with E-state index in [0.29, 0.717) is 32.7 Å². The summed E-state index contributed by atoms with van der Waals surface area (Å²) >= 11 is 12.5. The molecule has 0 unspecified atom stereocenters. The molecule has 0 aliphatic rings. The minimum Gasteiger partial charge on any atom is -0.495 e. The SMILES string of the molecule is COc1cc(Nc2c(C#N)cnc3ccc(/C=C/c4ccncc4)cc23)c(Cl)cc1Cl. The number of fused-ring (bicyclic) bond motifs is 1. The summed E-state index contributed by atoms with van der Waals surface area (Å²) in [5.74, 6) is 0.478. The van der Waals surface area contributed by atoms with Crippen molar-refractivity contribution in [3.63, 3.8) is 0 Å². The van der Waals surface area contributed by atoms with Gasteiger partial charge in [-0.3, -0.25) is 9.97 Å². The van der Waals surface area contributed by atoms with Crippen LogP contribution in [0.3, 0.4) is 0 Å². The average molecular weight is 447 g/mol. The Labute approximate surface area is 189 Å². The lowest BCUT2D eigenvalue weighted by Gasteiger charge is -2.15. The van der Waals surface area contributed by atoms with Crippen LogP contribution < -0.4 is 10.1 Å². The number of benzene rings is 2. The number of nitrogens with one attached hydrogen (secondary N) is 1. The average Bonchev–Trinajstić information content (AvgIpc) is 2.80. The van der Waals surface area contributed by atoms with E-state index in [-0.39, 0.29) is 0 Å². The first kappa shape index (κ1) is 20.7. The first-order valence-electron chi connectivity index (χ1n) is 9.30. The number of nitriles is 1. The van der Waals surface area contributed by atoms with Crippen LogP contribution in [-0.4, -0.2) is 17.1 Å². The topological polar surface area (TPSA) is 70.8 Å². The predicted octanol–water partition coefficient (Wildman–Crippen LogP) is 6.73. The van der Waals surface area contributed by atoms with Crippen molar-refractivity contribution >= 4 is 57.6 Å². The maximum Gasteiger partial charge on any atom is 0.139 e. The van der Waals surface area contributed by atoms with Crippen LogP contribution in [0.25, 0.3) is 23.1 Å². The third kappa shape index (κ3) is 4.46. The van der Waals surface area contributed by atoms with Gasteiger partial charge in [0.1, 0.15) is 11.8 Å². The van der Waals surface area contributed by atoms with E-state index in [1.165, 1.54) is 13.3 Å². The highest BCUT2D eigenvalue weighted by molar-refractivity contribution is 6.37. The molecule has 0 radical (unpaired) electrons. The normalized spacial score (nSPS) is 10.9. The molecule has 0 aliphatic carbocycles. The van der Waals surface area contributed by atoms with Gasteiger partial charge in [-0.1, -0.05) is 41.4 Å². The van der Waals surface area contributed by atoms with Crippen molar-refractivity contribution in [3.05, 3.63) is 87.8 Å². The molecule has 0 atom stereocenters. The highest BCUT2D eigenvalue weighted by atomic mass is 35.5. The van der Waals surface area contributed by atoms with Crippen molar-refractivity contribution in [3.8, 4) is 11.8 Å². The van der Waals surface area contributed by atoms with Crippen LogP contribution in [0.1, 0.15) is 16.7 Å². The Bertz CT molecular complexity index is 1330. The summed E-state index contributed by atoms with van der Waals surface area (Å²) in [4.78, 5) is 8.44. The van der Waals surface area contributed by atoms with Crippen molar-refractivity contribution in [2.45, 2.75) is 0 Å². The van der Waals surface area contributed by atoms with E-state index in [2.05, 4.69) is 21.4 Å². The summed E-state index contributed by atoms with van der Waals surface area (Å²) in [6.07, 6.45) is 9.03. The number of nitrogens with zero attached hydrogens (tertiary/aromatic N) is 3. The van der Waals surface area contributed by atoms with E-state index in [1.54, 1.807) is 24.5 Å². The fourth-order valence-corrected chi connectivity index (χ4v) is 3.62. The summed E-state index contributed by atoms with van der Waals surface area (Å²) in [5.41, 5.74) is 4.33. The molecule has 5 nitrogen and oxygen atoms in total. The molecular formula is C24H16Cl2N4O. The lowest BCUT2D eigenvalue weighted by molar-refractivity contribution is 0.415. The lowest BCUT2D eigenvalue weighted by Crippen LogP contribution is -1.98. The molecular weight excluding hydrogens is 431 g/mol. The van der Waals surface area contributed by atoms with Gasteiger partial charge in [0, 0.05) is 30.0 Å². The maximum absolute atomic E-state index is 9.66. The molecule has 0 spiro atoms. The molecule has 2 heterocycles. The van der Waals surface area contributed by atoms with Gasteiger partial charge in [-0.05, 0) is 41.5 Å². The van der Waals surface area contributed by atoms with Crippen LogP contribution in [0.15, 0.2) is 61.1 Å². The number of anilines is 2. The second-order valence-corrected chi connectivity index (χ2v) is 7.46. The molecule has 2 aromatic heterocycles. The van der Waals surface area contributed by atoms with Crippen LogP contribution in [0.4, 0.5) is 11.4 Å². The first-order chi connectivity index (χ1) is 15.1. The van der Waals surface area contributed by atoms with E-state index in [4.69, 9.17) is 27.9 Å². The minimum absolute atomic E-state index is 0.396. The number of hydrogen-bond donors (Lipinski definition) is 1. The summed E-state index contributed by atoms with van der Waals surface area (Å²) in [7, 11) is 1.53. The van der Waals surface area contributed by atoms with E-state index < -0.39 is 0 Å². The van der Waals surface area contributed by atoms with Crippen molar-refractivity contribution in [1.29, 1.82) is 5.26 Å². The Morgan fingerprint density at radius 3 is 2.52 bits per heavy atom. The summed E-state index contributed by atoms with van der Waals surface area (Å²) < 4.78 is 5.29. The van der Waals surface area contributed by atoms with Gasteiger partial charge in [0.2, 0.25) is 0 Å². The fourth-order valence-electron chi connectivity index (χ4n) is 3.12. The molecule has 31 heavy (non-hydrogen) atoms. The standard InChI is InChI=1S/C24H16Cl2N4O/c1-31-23-12-22(19(25)11-20(23)26)30-24-17(13-27)14-29-21-5-4-16(10-18(21)24)3-2-15-6-8-28-9-7-15/h2-12,14H,1H3,(H,29,30)/b3-2+. The predicted molar refractivity (Wildman–Crippen MR) is 126 cm³/mol. The first-order valence-corrected chi connectivity index (χ1v) is 10.1. The summed E-state index contributed by atoms with van der Waals surface area (Å²) in [6, 6.07) is 15.2. The Hall–Kier alpha value is -3.59. The molecule has 0 saturated heterocycles. The largest absolute Gasteiger partial charge is 0.495 e. The quantitative estimate of drug-likeness (QED) is 0.367. The van der Waals surface area contributed by atoms with E-state index >= 15 is 0 Å². The van der Waals surface area contributed by atoms with Crippen molar-refractivity contribution in [1.82, 2.24) is 9.97 Å². The van der Waals surface area contributed by atoms with Crippen molar-refractivity contribution in [2.24, 2.45) is 0 Å². The zero-order chi connectivity index (χ0) is 21.8. The van der Waals surface area contributed by atoms with Gasteiger partial charge in [0.05, 0.1) is 39.6 Å². The number of ether oxygens (including phenoxy) is 1. The molecule has 4 rings (SSSR count). The molecule has 2 aromatic carbocycles. The zero-order valence-electron chi connectivity index (χ0n) is 16.4. The van der Waals surface area contributed by atoms with Gasteiger partial charge in [-0.2, -0.15) is 5.26 Å². The van der Waals surface area contributed by atoms with Gasteiger partial charge in [-0.15, -0.1) is 0 Å². The second-order valence-electron chi connectivity index (χ2n) is 6.64. The third-order valence-corrected chi connectivity index (χ3v) is 5.30. The van der Waals surface area contributed by atoms with Gasteiger partial charge >= 0.3 is 0 Å². The van der Waals surface area contributed by atoms with Gasteiger partial charge in [-0.25, -0.2) is 0 Å². The number of halogens is 2. The van der Waals surface area contributed by atoms with E-state index in [0.717, 1.165) is 22.0 Å². The van der Waals surface area contributed by atoms with Gasteiger partial charge < -0.3 is 10.1 Å². The second kappa shape index (κ2) is 9.05. The maximum atomic E-state index is 9.66. The molecule has 4 aromatic rings. The monoisotopic (exact) mass is 446 g/mol. The third-order valence-electron chi connectivity index (χ3n) is 4.69. The Morgan fingerprint density at radius 1 is 1.00 bits per heavy atom.